The molecule has 20 heavy (non-hydrogen) atoms. The van der Waals surface area contributed by atoms with E-state index in [9.17, 15) is 13.2 Å². The lowest BCUT2D eigenvalue weighted by molar-refractivity contribution is 0.101. The number of Topliss-reactive ketones (excluding diaryl/α,β-unsaturated/α-hetero) is 1. The van der Waals surface area contributed by atoms with Gasteiger partial charge in [-0.1, -0.05) is 25.5 Å². The Morgan fingerprint density at radius 1 is 1.35 bits per heavy atom. The number of rotatable bonds is 4. The van der Waals surface area contributed by atoms with Crippen molar-refractivity contribution in [3.63, 3.8) is 0 Å². The Balaban J connectivity index is 2.38. The molecule has 1 unspecified atom stereocenters. The third kappa shape index (κ3) is 2.94. The fraction of sp³-hybridized carbons (Fsp3) is 0.533. The monoisotopic (exact) mass is 295 g/mol. The summed E-state index contributed by atoms with van der Waals surface area (Å²) in [5.41, 5.74) is 0.441. The van der Waals surface area contributed by atoms with E-state index in [-0.39, 0.29) is 16.7 Å². The van der Waals surface area contributed by atoms with Crippen LogP contribution in [0.5, 0.6) is 0 Å². The van der Waals surface area contributed by atoms with Gasteiger partial charge in [0.2, 0.25) is 10.0 Å². The van der Waals surface area contributed by atoms with Gasteiger partial charge in [-0.05, 0) is 38.3 Å². The summed E-state index contributed by atoms with van der Waals surface area (Å²) in [6.45, 7) is 4.04. The smallest absolute Gasteiger partial charge is 0.243 e. The lowest BCUT2D eigenvalue weighted by atomic mass is 10.0. The number of ketones is 1. The van der Waals surface area contributed by atoms with Crippen LogP contribution in [0.15, 0.2) is 29.2 Å². The molecule has 1 saturated heterocycles. The summed E-state index contributed by atoms with van der Waals surface area (Å²) in [5, 5.41) is 0. The summed E-state index contributed by atoms with van der Waals surface area (Å²) in [6.07, 6.45) is 3.73. The minimum atomic E-state index is -3.50. The van der Waals surface area contributed by atoms with Gasteiger partial charge in [0.15, 0.2) is 5.78 Å². The second kappa shape index (κ2) is 6.06. The first kappa shape index (κ1) is 15.2. The van der Waals surface area contributed by atoms with Crippen LogP contribution >= 0.6 is 0 Å². The van der Waals surface area contributed by atoms with E-state index in [1.165, 1.54) is 13.0 Å². The Kier molecular flexibility index (Phi) is 4.60. The van der Waals surface area contributed by atoms with E-state index < -0.39 is 10.0 Å². The zero-order valence-electron chi connectivity index (χ0n) is 12.0. The van der Waals surface area contributed by atoms with Gasteiger partial charge >= 0.3 is 0 Å². The van der Waals surface area contributed by atoms with Gasteiger partial charge in [0.1, 0.15) is 0 Å². The van der Waals surface area contributed by atoms with Crippen molar-refractivity contribution in [2.24, 2.45) is 0 Å². The molecule has 0 saturated carbocycles. The van der Waals surface area contributed by atoms with E-state index in [0.717, 1.165) is 25.7 Å². The molecule has 0 amide bonds. The Labute approximate surface area is 120 Å². The Morgan fingerprint density at radius 2 is 2.10 bits per heavy atom. The second-order valence-corrected chi connectivity index (χ2v) is 7.15. The van der Waals surface area contributed by atoms with Crippen LogP contribution in [0.3, 0.4) is 0 Å². The molecule has 0 radical (unpaired) electrons. The van der Waals surface area contributed by atoms with Crippen LogP contribution in [0.1, 0.15) is 49.9 Å². The van der Waals surface area contributed by atoms with E-state index in [1.54, 1.807) is 22.5 Å². The number of hydrogen-bond acceptors (Lipinski definition) is 3. The third-order valence-corrected chi connectivity index (χ3v) is 5.84. The molecule has 1 atom stereocenters. The van der Waals surface area contributed by atoms with Crippen LogP contribution in [0.2, 0.25) is 0 Å². The van der Waals surface area contributed by atoms with Crippen LogP contribution < -0.4 is 0 Å². The standard InChI is InChI=1S/C15H21NO3S/c1-3-14-8-4-5-10-16(14)20(18,19)15-9-6-7-13(11-15)12(2)17/h6-7,9,11,14H,3-5,8,10H2,1-2H3. The predicted molar refractivity (Wildman–Crippen MR) is 78.3 cm³/mol. The topological polar surface area (TPSA) is 54.5 Å². The molecule has 0 aliphatic carbocycles. The van der Waals surface area contributed by atoms with Crippen molar-refractivity contribution in [1.29, 1.82) is 0 Å². The molecular formula is C15H21NO3S. The third-order valence-electron chi connectivity index (χ3n) is 3.89. The van der Waals surface area contributed by atoms with Crippen molar-refractivity contribution in [3.05, 3.63) is 29.8 Å². The Bertz CT molecular complexity index is 595. The maximum Gasteiger partial charge on any atom is 0.243 e. The first-order valence-corrected chi connectivity index (χ1v) is 8.53. The number of piperidine rings is 1. The SMILES string of the molecule is CCC1CCCCN1S(=O)(=O)c1cccc(C(C)=O)c1. The van der Waals surface area contributed by atoms with Crippen LogP contribution in [0.25, 0.3) is 0 Å². The minimum Gasteiger partial charge on any atom is -0.295 e. The van der Waals surface area contributed by atoms with Crippen LogP contribution in [0, 0.1) is 0 Å². The summed E-state index contributed by atoms with van der Waals surface area (Å²) in [6, 6.07) is 6.42. The van der Waals surface area contributed by atoms with Gasteiger partial charge in [-0.3, -0.25) is 4.79 Å². The number of sulfonamides is 1. The van der Waals surface area contributed by atoms with Crippen LogP contribution in [-0.4, -0.2) is 31.1 Å². The lowest BCUT2D eigenvalue weighted by Crippen LogP contribution is -2.43. The molecule has 4 nitrogen and oxygen atoms in total. The van der Waals surface area contributed by atoms with Crippen molar-refractivity contribution in [2.75, 3.05) is 6.54 Å². The van der Waals surface area contributed by atoms with Crippen LogP contribution in [-0.2, 0) is 10.0 Å². The zero-order valence-corrected chi connectivity index (χ0v) is 12.8. The number of carbonyl (C=O) groups is 1. The fourth-order valence-corrected chi connectivity index (χ4v) is 4.52. The molecule has 5 heteroatoms. The molecule has 0 bridgehead atoms. The van der Waals surface area contributed by atoms with Crippen molar-refractivity contribution < 1.29 is 13.2 Å². The average molecular weight is 295 g/mol. The first-order valence-electron chi connectivity index (χ1n) is 7.09. The van der Waals surface area contributed by atoms with E-state index in [2.05, 4.69) is 0 Å². The van der Waals surface area contributed by atoms with Crippen LogP contribution in [0.4, 0.5) is 0 Å². The maximum absolute atomic E-state index is 12.7. The molecule has 1 aromatic carbocycles. The molecule has 110 valence electrons. The molecule has 2 rings (SSSR count). The summed E-state index contributed by atoms with van der Waals surface area (Å²) in [5.74, 6) is -0.118. The van der Waals surface area contributed by atoms with Gasteiger partial charge < -0.3 is 0 Å². The van der Waals surface area contributed by atoms with Gasteiger partial charge in [0.05, 0.1) is 4.90 Å². The number of carbonyl (C=O) groups excluding carboxylic acids is 1. The Morgan fingerprint density at radius 3 is 2.75 bits per heavy atom. The van der Waals surface area contributed by atoms with Crippen molar-refractivity contribution in [1.82, 2.24) is 4.31 Å². The van der Waals surface area contributed by atoms with E-state index in [1.807, 2.05) is 6.92 Å². The second-order valence-electron chi connectivity index (χ2n) is 5.26. The highest BCUT2D eigenvalue weighted by Crippen LogP contribution is 2.27. The molecule has 0 N–H and O–H groups in total. The summed E-state index contributed by atoms with van der Waals surface area (Å²) >= 11 is 0. The maximum atomic E-state index is 12.7. The first-order chi connectivity index (χ1) is 9.46. The predicted octanol–water partition coefficient (Wildman–Crippen LogP) is 2.84. The Hall–Kier alpha value is -1.20. The molecule has 0 spiro atoms. The highest BCUT2D eigenvalue weighted by atomic mass is 32.2. The summed E-state index contributed by atoms with van der Waals surface area (Å²) in [7, 11) is -3.50. The van der Waals surface area contributed by atoms with Gasteiger partial charge in [0.25, 0.3) is 0 Å². The minimum absolute atomic E-state index is 0.0785. The van der Waals surface area contributed by atoms with Crippen molar-refractivity contribution in [2.45, 2.75) is 50.5 Å². The highest BCUT2D eigenvalue weighted by Gasteiger charge is 2.32. The van der Waals surface area contributed by atoms with E-state index >= 15 is 0 Å². The van der Waals surface area contributed by atoms with Crippen molar-refractivity contribution >= 4 is 15.8 Å². The lowest BCUT2D eigenvalue weighted by Gasteiger charge is -2.34. The zero-order chi connectivity index (χ0) is 14.8. The highest BCUT2D eigenvalue weighted by molar-refractivity contribution is 7.89. The largest absolute Gasteiger partial charge is 0.295 e. The fourth-order valence-electron chi connectivity index (χ4n) is 2.71. The average Bonchev–Trinajstić information content (AvgIpc) is 2.47. The van der Waals surface area contributed by atoms with Gasteiger partial charge in [-0.2, -0.15) is 4.31 Å². The summed E-state index contributed by atoms with van der Waals surface area (Å²) < 4.78 is 27.1. The van der Waals surface area contributed by atoms with E-state index in [4.69, 9.17) is 0 Å². The number of nitrogens with zero attached hydrogens (tertiary/aromatic N) is 1. The number of hydrogen-bond donors (Lipinski definition) is 0. The molecular weight excluding hydrogens is 274 g/mol. The van der Waals surface area contributed by atoms with Crippen molar-refractivity contribution in [3.8, 4) is 0 Å². The molecule has 1 aromatic rings. The summed E-state index contributed by atoms with van der Waals surface area (Å²) in [4.78, 5) is 11.6. The number of benzene rings is 1. The van der Waals surface area contributed by atoms with Gasteiger partial charge in [-0.25, -0.2) is 8.42 Å². The molecule has 1 aliphatic rings. The molecule has 0 aromatic heterocycles. The molecule has 1 aliphatic heterocycles. The normalized spacial score (nSPS) is 20.8. The molecule has 1 fully saturated rings. The molecule has 1 heterocycles. The van der Waals surface area contributed by atoms with Gasteiger partial charge in [0, 0.05) is 18.2 Å². The quantitative estimate of drug-likeness (QED) is 0.803. The van der Waals surface area contributed by atoms with E-state index in [0.29, 0.717) is 12.1 Å². The van der Waals surface area contributed by atoms with Gasteiger partial charge in [-0.15, -0.1) is 0 Å².